The summed E-state index contributed by atoms with van der Waals surface area (Å²) in [6.07, 6.45) is 7.11. The molecule has 0 bridgehead atoms. The van der Waals surface area contributed by atoms with Crippen molar-refractivity contribution in [3.05, 3.63) is 0 Å². The summed E-state index contributed by atoms with van der Waals surface area (Å²) < 4.78 is 10.5. The van der Waals surface area contributed by atoms with Crippen molar-refractivity contribution in [1.29, 1.82) is 0 Å². The van der Waals surface area contributed by atoms with Crippen LogP contribution in [0, 0.1) is 5.41 Å². The van der Waals surface area contributed by atoms with Crippen LogP contribution in [0.15, 0.2) is 0 Å². The molecular weight excluding hydrogens is 256 g/mol. The molecule has 2 fully saturated rings. The molecule has 3 N–H and O–H groups in total. The highest BCUT2D eigenvalue weighted by atomic mass is 16.5. The molecule has 2 aliphatic rings. The van der Waals surface area contributed by atoms with E-state index in [0.717, 1.165) is 19.6 Å². The van der Waals surface area contributed by atoms with Crippen LogP contribution in [0.1, 0.15) is 44.9 Å². The minimum Gasteiger partial charge on any atom is -0.385 e. The molecule has 1 saturated heterocycles. The Bertz CT molecular complexity index is 321. The molecule has 20 heavy (non-hydrogen) atoms. The molecule has 116 valence electrons. The van der Waals surface area contributed by atoms with E-state index < -0.39 is 5.54 Å². The molecule has 0 unspecified atom stereocenters. The van der Waals surface area contributed by atoms with Gasteiger partial charge in [0, 0.05) is 33.5 Å². The number of nitrogens with one attached hydrogen (secondary N) is 1. The Morgan fingerprint density at radius 2 is 1.90 bits per heavy atom. The first-order chi connectivity index (χ1) is 9.60. The smallest absolute Gasteiger partial charge is 0.240 e. The van der Waals surface area contributed by atoms with E-state index in [4.69, 9.17) is 15.2 Å². The molecule has 2 rings (SSSR count). The molecule has 1 aliphatic carbocycles. The van der Waals surface area contributed by atoms with Crippen molar-refractivity contribution >= 4 is 5.91 Å². The highest BCUT2D eigenvalue weighted by molar-refractivity contribution is 5.86. The van der Waals surface area contributed by atoms with Gasteiger partial charge < -0.3 is 20.5 Å². The second-order valence-corrected chi connectivity index (χ2v) is 6.40. The molecule has 0 aromatic heterocycles. The van der Waals surface area contributed by atoms with Gasteiger partial charge in [-0.1, -0.05) is 12.8 Å². The largest absolute Gasteiger partial charge is 0.385 e. The van der Waals surface area contributed by atoms with Crippen LogP contribution < -0.4 is 11.1 Å². The third-order valence-electron chi connectivity index (χ3n) is 4.96. The van der Waals surface area contributed by atoms with Gasteiger partial charge in [-0.15, -0.1) is 0 Å². The van der Waals surface area contributed by atoms with E-state index in [2.05, 4.69) is 5.32 Å². The fourth-order valence-electron chi connectivity index (χ4n) is 3.37. The molecule has 5 nitrogen and oxygen atoms in total. The SMILES string of the molecule is COCCC1(CNC(=O)C2(N)CCOCC2)CCCC1. The number of carbonyl (C=O) groups excluding carboxylic acids is 1. The van der Waals surface area contributed by atoms with Gasteiger partial charge in [0.25, 0.3) is 0 Å². The Hall–Kier alpha value is -0.650. The third kappa shape index (κ3) is 3.71. The van der Waals surface area contributed by atoms with Gasteiger partial charge in [-0.25, -0.2) is 0 Å². The van der Waals surface area contributed by atoms with E-state index in [0.29, 0.717) is 26.1 Å². The van der Waals surface area contributed by atoms with Gasteiger partial charge in [-0.2, -0.15) is 0 Å². The first-order valence-corrected chi connectivity index (χ1v) is 7.74. The van der Waals surface area contributed by atoms with Gasteiger partial charge >= 0.3 is 0 Å². The van der Waals surface area contributed by atoms with Crippen molar-refractivity contribution in [3.8, 4) is 0 Å². The molecule has 5 heteroatoms. The predicted octanol–water partition coefficient (Wildman–Crippen LogP) is 1.21. The summed E-state index contributed by atoms with van der Waals surface area (Å²) in [6, 6.07) is 0. The Balaban J connectivity index is 1.87. The first kappa shape index (κ1) is 15.7. The van der Waals surface area contributed by atoms with Gasteiger partial charge in [-0.3, -0.25) is 4.79 Å². The van der Waals surface area contributed by atoms with Crippen molar-refractivity contribution in [2.24, 2.45) is 11.1 Å². The lowest BCUT2D eigenvalue weighted by Crippen LogP contribution is -2.58. The number of hydrogen-bond donors (Lipinski definition) is 2. The number of nitrogens with two attached hydrogens (primary N) is 1. The van der Waals surface area contributed by atoms with Gasteiger partial charge in [0.05, 0.1) is 5.54 Å². The van der Waals surface area contributed by atoms with Gasteiger partial charge in [0.1, 0.15) is 0 Å². The maximum atomic E-state index is 12.4. The van der Waals surface area contributed by atoms with E-state index in [9.17, 15) is 4.79 Å². The van der Waals surface area contributed by atoms with Crippen LogP contribution in [0.5, 0.6) is 0 Å². The van der Waals surface area contributed by atoms with Crippen molar-refractivity contribution < 1.29 is 14.3 Å². The first-order valence-electron chi connectivity index (χ1n) is 7.74. The maximum Gasteiger partial charge on any atom is 0.240 e. The zero-order valence-corrected chi connectivity index (χ0v) is 12.6. The van der Waals surface area contributed by atoms with Crippen molar-refractivity contribution in [2.75, 3.05) is 33.5 Å². The molecule has 1 saturated carbocycles. The monoisotopic (exact) mass is 284 g/mol. The Morgan fingerprint density at radius 3 is 2.50 bits per heavy atom. The predicted molar refractivity (Wildman–Crippen MR) is 77.4 cm³/mol. The zero-order valence-electron chi connectivity index (χ0n) is 12.6. The lowest BCUT2D eigenvalue weighted by molar-refractivity contribution is -0.130. The van der Waals surface area contributed by atoms with E-state index in [-0.39, 0.29) is 11.3 Å². The molecule has 1 amide bonds. The second kappa shape index (κ2) is 6.87. The Morgan fingerprint density at radius 1 is 1.25 bits per heavy atom. The van der Waals surface area contributed by atoms with E-state index in [1.165, 1.54) is 25.7 Å². The highest BCUT2D eigenvalue weighted by Gasteiger charge is 2.39. The highest BCUT2D eigenvalue weighted by Crippen LogP contribution is 2.40. The summed E-state index contributed by atoms with van der Waals surface area (Å²) in [4.78, 5) is 12.4. The van der Waals surface area contributed by atoms with Crippen LogP contribution in [-0.2, 0) is 14.3 Å². The Labute approximate surface area is 121 Å². The average Bonchev–Trinajstić information content (AvgIpc) is 2.93. The lowest BCUT2D eigenvalue weighted by atomic mass is 9.82. The normalized spacial score (nSPS) is 24.5. The summed E-state index contributed by atoms with van der Waals surface area (Å²) in [5.74, 6) is -0.00973. The van der Waals surface area contributed by atoms with Crippen LogP contribution in [-0.4, -0.2) is 44.9 Å². The number of rotatable bonds is 6. The summed E-state index contributed by atoms with van der Waals surface area (Å²) in [5.41, 5.74) is 5.69. The van der Waals surface area contributed by atoms with Crippen LogP contribution >= 0.6 is 0 Å². The van der Waals surface area contributed by atoms with E-state index in [1.54, 1.807) is 7.11 Å². The fourth-order valence-corrected chi connectivity index (χ4v) is 3.37. The van der Waals surface area contributed by atoms with Gasteiger partial charge in [0.15, 0.2) is 0 Å². The lowest BCUT2D eigenvalue weighted by Gasteiger charge is -2.35. The number of carbonyl (C=O) groups is 1. The maximum absolute atomic E-state index is 12.4. The summed E-state index contributed by atoms with van der Waals surface area (Å²) >= 11 is 0. The van der Waals surface area contributed by atoms with Crippen LogP contribution in [0.25, 0.3) is 0 Å². The molecule has 0 radical (unpaired) electrons. The molecule has 1 aliphatic heterocycles. The number of methoxy groups -OCH3 is 1. The van der Waals surface area contributed by atoms with Gasteiger partial charge in [-0.05, 0) is 37.5 Å². The van der Waals surface area contributed by atoms with E-state index >= 15 is 0 Å². The fraction of sp³-hybridized carbons (Fsp3) is 0.933. The quantitative estimate of drug-likeness (QED) is 0.769. The molecule has 0 aromatic carbocycles. The summed E-state index contributed by atoms with van der Waals surface area (Å²) in [6.45, 7) is 2.66. The molecule has 1 heterocycles. The Kier molecular flexibility index (Phi) is 5.41. The number of ether oxygens (including phenoxy) is 2. The van der Waals surface area contributed by atoms with Crippen molar-refractivity contribution in [2.45, 2.75) is 50.5 Å². The second-order valence-electron chi connectivity index (χ2n) is 6.40. The average molecular weight is 284 g/mol. The van der Waals surface area contributed by atoms with Crippen molar-refractivity contribution in [3.63, 3.8) is 0 Å². The molecule has 0 spiro atoms. The number of amides is 1. The molecule has 0 atom stereocenters. The minimum absolute atomic E-state index is 0.00973. The summed E-state index contributed by atoms with van der Waals surface area (Å²) in [7, 11) is 1.73. The topological polar surface area (TPSA) is 73.6 Å². The zero-order chi connectivity index (χ0) is 14.5. The van der Waals surface area contributed by atoms with Crippen LogP contribution in [0.2, 0.25) is 0 Å². The van der Waals surface area contributed by atoms with Gasteiger partial charge in [0.2, 0.25) is 5.91 Å². The standard InChI is InChI=1S/C15H28N2O3/c1-19-9-6-14(4-2-3-5-14)12-17-13(18)15(16)7-10-20-11-8-15/h2-12,16H2,1H3,(H,17,18). The van der Waals surface area contributed by atoms with Crippen molar-refractivity contribution in [1.82, 2.24) is 5.32 Å². The van der Waals surface area contributed by atoms with Crippen LogP contribution in [0.4, 0.5) is 0 Å². The third-order valence-corrected chi connectivity index (χ3v) is 4.96. The number of hydrogen-bond acceptors (Lipinski definition) is 4. The van der Waals surface area contributed by atoms with E-state index in [1.807, 2.05) is 0 Å². The summed E-state index contributed by atoms with van der Waals surface area (Å²) in [5, 5.41) is 3.11. The molecular formula is C15H28N2O3. The minimum atomic E-state index is -0.737. The van der Waals surface area contributed by atoms with Crippen LogP contribution in [0.3, 0.4) is 0 Å². The molecule has 0 aromatic rings.